The monoisotopic (exact) mass is 198 g/mol. The lowest BCUT2D eigenvalue weighted by Gasteiger charge is -2.07. The largest absolute Gasteiger partial charge is 0.504 e. The van der Waals surface area contributed by atoms with Gasteiger partial charge in [-0.2, -0.15) is 0 Å². The molecule has 1 aromatic rings. The lowest BCUT2D eigenvalue weighted by atomic mass is 10.1. The van der Waals surface area contributed by atoms with Gasteiger partial charge in [-0.05, 0) is 18.1 Å². The molecule has 2 nitrogen and oxygen atoms in total. The lowest BCUT2D eigenvalue weighted by Crippen LogP contribution is -1.88. The van der Waals surface area contributed by atoms with Crippen molar-refractivity contribution in [1.29, 1.82) is 0 Å². The van der Waals surface area contributed by atoms with E-state index in [0.717, 1.165) is 5.56 Å². The third-order valence-electron chi connectivity index (χ3n) is 1.71. The molecule has 0 aliphatic heterocycles. The Morgan fingerprint density at radius 3 is 2.85 bits per heavy atom. The first kappa shape index (κ1) is 9.93. The third-order valence-corrected chi connectivity index (χ3v) is 2.06. The molecule has 0 bridgehead atoms. The fourth-order valence-electron chi connectivity index (χ4n) is 1.06. The average Bonchev–Trinajstić information content (AvgIpc) is 2.10. The quantitative estimate of drug-likeness (QED) is 0.757. The molecule has 0 saturated heterocycles. The van der Waals surface area contributed by atoms with E-state index in [1.165, 1.54) is 13.2 Å². The maximum atomic E-state index is 9.35. The first-order chi connectivity index (χ1) is 6.19. The van der Waals surface area contributed by atoms with Crippen LogP contribution in [0.3, 0.4) is 0 Å². The zero-order valence-electron chi connectivity index (χ0n) is 7.38. The van der Waals surface area contributed by atoms with Crippen LogP contribution in [0.5, 0.6) is 11.5 Å². The first-order valence-electron chi connectivity index (χ1n) is 3.85. The van der Waals surface area contributed by atoms with E-state index < -0.39 is 0 Å². The van der Waals surface area contributed by atoms with Gasteiger partial charge in [-0.15, -0.1) is 6.58 Å². The highest BCUT2D eigenvalue weighted by Gasteiger charge is 2.06. The summed E-state index contributed by atoms with van der Waals surface area (Å²) in [5.41, 5.74) is 0.895. The third kappa shape index (κ3) is 2.16. The zero-order chi connectivity index (χ0) is 9.84. The maximum absolute atomic E-state index is 9.35. The molecule has 0 aliphatic carbocycles. The second kappa shape index (κ2) is 4.19. The highest BCUT2D eigenvalue weighted by molar-refractivity contribution is 6.31. The van der Waals surface area contributed by atoms with Gasteiger partial charge >= 0.3 is 0 Å². The SMILES string of the molecule is C=CCc1cc(OC)c(O)cc1Cl. The Balaban J connectivity index is 3.13. The van der Waals surface area contributed by atoms with Gasteiger partial charge in [-0.25, -0.2) is 0 Å². The molecule has 0 heterocycles. The Morgan fingerprint density at radius 2 is 2.31 bits per heavy atom. The Bertz CT molecular complexity index is 321. The van der Waals surface area contributed by atoms with Crippen molar-refractivity contribution in [2.45, 2.75) is 6.42 Å². The molecule has 0 aromatic heterocycles. The van der Waals surface area contributed by atoms with Crippen LogP contribution in [0.1, 0.15) is 5.56 Å². The second-order valence-electron chi connectivity index (χ2n) is 2.61. The van der Waals surface area contributed by atoms with Crippen molar-refractivity contribution in [2.24, 2.45) is 0 Å². The predicted molar refractivity (Wildman–Crippen MR) is 53.6 cm³/mol. The number of hydrogen-bond donors (Lipinski definition) is 1. The van der Waals surface area contributed by atoms with Crippen LogP contribution in [0.25, 0.3) is 0 Å². The maximum Gasteiger partial charge on any atom is 0.160 e. The van der Waals surface area contributed by atoms with Crippen molar-refractivity contribution in [3.8, 4) is 11.5 Å². The number of halogens is 1. The van der Waals surface area contributed by atoms with Gasteiger partial charge in [0.15, 0.2) is 11.5 Å². The highest BCUT2D eigenvalue weighted by Crippen LogP contribution is 2.32. The van der Waals surface area contributed by atoms with E-state index in [-0.39, 0.29) is 5.75 Å². The molecule has 0 amide bonds. The van der Waals surface area contributed by atoms with Crippen molar-refractivity contribution in [2.75, 3.05) is 7.11 Å². The smallest absolute Gasteiger partial charge is 0.160 e. The van der Waals surface area contributed by atoms with Crippen LogP contribution < -0.4 is 4.74 Å². The van der Waals surface area contributed by atoms with Gasteiger partial charge in [0, 0.05) is 11.1 Å². The summed E-state index contributed by atoms with van der Waals surface area (Å²) in [5, 5.41) is 9.87. The van der Waals surface area contributed by atoms with Crippen LogP contribution in [0.15, 0.2) is 24.8 Å². The Kier molecular flexibility index (Phi) is 3.20. The molecule has 0 spiro atoms. The Morgan fingerprint density at radius 1 is 1.62 bits per heavy atom. The van der Waals surface area contributed by atoms with Crippen LogP contribution in [0.4, 0.5) is 0 Å². The molecule has 13 heavy (non-hydrogen) atoms. The van der Waals surface area contributed by atoms with E-state index in [2.05, 4.69) is 6.58 Å². The molecule has 70 valence electrons. The highest BCUT2D eigenvalue weighted by atomic mass is 35.5. The minimum Gasteiger partial charge on any atom is -0.504 e. The second-order valence-corrected chi connectivity index (χ2v) is 3.02. The number of rotatable bonds is 3. The van der Waals surface area contributed by atoms with E-state index in [4.69, 9.17) is 16.3 Å². The summed E-state index contributed by atoms with van der Waals surface area (Å²) in [7, 11) is 1.50. The van der Waals surface area contributed by atoms with Crippen LogP contribution in [0, 0.1) is 0 Å². The van der Waals surface area contributed by atoms with E-state index in [0.29, 0.717) is 17.2 Å². The zero-order valence-corrected chi connectivity index (χ0v) is 8.14. The molecule has 1 rings (SSSR count). The lowest BCUT2D eigenvalue weighted by molar-refractivity contribution is 0.373. The molecular weight excluding hydrogens is 188 g/mol. The fraction of sp³-hybridized carbons (Fsp3) is 0.200. The number of aromatic hydroxyl groups is 1. The standard InChI is InChI=1S/C10H11ClO2/c1-3-4-7-5-10(13-2)9(12)6-8(7)11/h3,5-6,12H,1,4H2,2H3. The Hall–Kier alpha value is -1.15. The topological polar surface area (TPSA) is 29.5 Å². The summed E-state index contributed by atoms with van der Waals surface area (Å²) in [5.74, 6) is 0.488. The summed E-state index contributed by atoms with van der Waals surface area (Å²) >= 11 is 5.87. The number of phenols is 1. The molecule has 0 atom stereocenters. The normalized spacial score (nSPS) is 9.69. The molecule has 0 fully saturated rings. The van der Waals surface area contributed by atoms with Gasteiger partial charge in [-0.3, -0.25) is 0 Å². The molecule has 3 heteroatoms. The van der Waals surface area contributed by atoms with Crippen molar-refractivity contribution in [1.82, 2.24) is 0 Å². The van der Waals surface area contributed by atoms with Crippen molar-refractivity contribution in [3.63, 3.8) is 0 Å². The van der Waals surface area contributed by atoms with Gasteiger partial charge in [0.1, 0.15) is 0 Å². The van der Waals surface area contributed by atoms with E-state index in [1.807, 2.05) is 0 Å². The Labute approximate surface area is 82.4 Å². The summed E-state index contributed by atoms with van der Waals surface area (Å²) < 4.78 is 4.94. The summed E-state index contributed by atoms with van der Waals surface area (Å²) in [6, 6.07) is 3.18. The first-order valence-corrected chi connectivity index (χ1v) is 4.23. The number of allylic oxidation sites excluding steroid dienone is 1. The van der Waals surface area contributed by atoms with Crippen molar-refractivity contribution in [3.05, 3.63) is 35.4 Å². The number of phenolic OH excluding ortho intramolecular Hbond substituents is 1. The number of methoxy groups -OCH3 is 1. The van der Waals surface area contributed by atoms with E-state index in [1.54, 1.807) is 12.1 Å². The molecule has 1 N–H and O–H groups in total. The van der Waals surface area contributed by atoms with Crippen LogP contribution in [-0.2, 0) is 6.42 Å². The van der Waals surface area contributed by atoms with Crippen molar-refractivity contribution < 1.29 is 9.84 Å². The minimum atomic E-state index is 0.0558. The van der Waals surface area contributed by atoms with Gasteiger partial charge in [0.05, 0.1) is 7.11 Å². The summed E-state index contributed by atoms with van der Waals surface area (Å²) in [6.45, 7) is 3.61. The minimum absolute atomic E-state index is 0.0558. The average molecular weight is 199 g/mol. The van der Waals surface area contributed by atoms with Crippen LogP contribution in [-0.4, -0.2) is 12.2 Å². The van der Waals surface area contributed by atoms with E-state index in [9.17, 15) is 5.11 Å². The van der Waals surface area contributed by atoms with Gasteiger partial charge in [0.2, 0.25) is 0 Å². The van der Waals surface area contributed by atoms with Crippen LogP contribution >= 0.6 is 11.6 Å². The molecular formula is C10H11ClO2. The van der Waals surface area contributed by atoms with Gasteiger partial charge in [0.25, 0.3) is 0 Å². The number of ether oxygens (including phenoxy) is 1. The van der Waals surface area contributed by atoms with Crippen LogP contribution in [0.2, 0.25) is 5.02 Å². The fourth-order valence-corrected chi connectivity index (χ4v) is 1.30. The molecule has 0 saturated carbocycles. The molecule has 0 radical (unpaired) electrons. The molecule has 0 aliphatic rings. The molecule has 1 aromatic carbocycles. The van der Waals surface area contributed by atoms with Crippen molar-refractivity contribution >= 4 is 11.6 Å². The number of benzene rings is 1. The molecule has 0 unspecified atom stereocenters. The number of hydrogen-bond acceptors (Lipinski definition) is 2. The van der Waals surface area contributed by atoms with Gasteiger partial charge < -0.3 is 9.84 Å². The van der Waals surface area contributed by atoms with E-state index >= 15 is 0 Å². The summed E-state index contributed by atoms with van der Waals surface area (Å²) in [6.07, 6.45) is 2.41. The summed E-state index contributed by atoms with van der Waals surface area (Å²) in [4.78, 5) is 0. The predicted octanol–water partition coefficient (Wildman–Crippen LogP) is 2.78. The van der Waals surface area contributed by atoms with Gasteiger partial charge in [-0.1, -0.05) is 17.7 Å².